The molecule has 0 spiro atoms. The van der Waals surface area contributed by atoms with Crippen molar-refractivity contribution in [3.05, 3.63) is 51.2 Å². The number of anilines is 1. The Kier molecular flexibility index (Phi) is 6.92. The summed E-state index contributed by atoms with van der Waals surface area (Å²) in [7, 11) is 1.57. The number of aromatic nitrogens is 4. The SMILES string of the molecule is CCCCCCn1c(SCC(=O)Nc2ccccc2)nc2c1c(=O)[nH]c(=O)n2C. The number of nitrogens with one attached hydrogen (secondary N) is 2. The van der Waals surface area contributed by atoms with Crippen LogP contribution in [0.3, 0.4) is 0 Å². The zero-order chi connectivity index (χ0) is 20.8. The van der Waals surface area contributed by atoms with Crippen molar-refractivity contribution in [3.8, 4) is 0 Å². The molecule has 0 radical (unpaired) electrons. The molecule has 29 heavy (non-hydrogen) atoms. The fraction of sp³-hybridized carbons (Fsp3) is 0.400. The lowest BCUT2D eigenvalue weighted by molar-refractivity contribution is -0.113. The Balaban J connectivity index is 1.84. The maximum atomic E-state index is 12.4. The number of aryl methyl sites for hydroxylation is 2. The van der Waals surface area contributed by atoms with E-state index in [1.54, 1.807) is 7.05 Å². The lowest BCUT2D eigenvalue weighted by Crippen LogP contribution is -2.29. The van der Waals surface area contributed by atoms with Gasteiger partial charge in [0.2, 0.25) is 5.91 Å². The highest BCUT2D eigenvalue weighted by atomic mass is 32.2. The highest BCUT2D eigenvalue weighted by Gasteiger charge is 2.18. The Morgan fingerprint density at radius 2 is 1.93 bits per heavy atom. The van der Waals surface area contributed by atoms with Gasteiger partial charge in [-0.15, -0.1) is 0 Å². The molecule has 3 rings (SSSR count). The molecule has 0 bridgehead atoms. The summed E-state index contributed by atoms with van der Waals surface area (Å²) in [5, 5.41) is 3.40. The molecule has 154 valence electrons. The number of nitrogens with zero attached hydrogens (tertiary/aromatic N) is 3. The summed E-state index contributed by atoms with van der Waals surface area (Å²) in [6, 6.07) is 9.23. The number of aromatic amines is 1. The third-order valence-corrected chi connectivity index (χ3v) is 5.57. The minimum Gasteiger partial charge on any atom is -0.325 e. The Morgan fingerprint density at radius 3 is 2.66 bits per heavy atom. The van der Waals surface area contributed by atoms with Crippen molar-refractivity contribution in [3.63, 3.8) is 0 Å². The quantitative estimate of drug-likeness (QED) is 0.413. The minimum atomic E-state index is -0.503. The van der Waals surface area contributed by atoms with Crippen LogP contribution in [-0.4, -0.2) is 30.8 Å². The average molecular weight is 416 g/mol. The molecule has 1 aromatic carbocycles. The van der Waals surface area contributed by atoms with Gasteiger partial charge in [0.15, 0.2) is 16.3 Å². The van der Waals surface area contributed by atoms with E-state index in [1.165, 1.54) is 16.3 Å². The van der Waals surface area contributed by atoms with Crippen LogP contribution in [0, 0.1) is 0 Å². The van der Waals surface area contributed by atoms with Crippen molar-refractivity contribution in [2.45, 2.75) is 44.3 Å². The number of imidazole rings is 1. The number of fused-ring (bicyclic) bond motifs is 1. The van der Waals surface area contributed by atoms with Crippen molar-refractivity contribution in [1.82, 2.24) is 19.1 Å². The van der Waals surface area contributed by atoms with Gasteiger partial charge in [0.1, 0.15) is 0 Å². The van der Waals surface area contributed by atoms with E-state index in [2.05, 4.69) is 22.2 Å². The summed E-state index contributed by atoms with van der Waals surface area (Å²) in [4.78, 5) is 43.5. The van der Waals surface area contributed by atoms with Gasteiger partial charge in [-0.1, -0.05) is 56.1 Å². The average Bonchev–Trinajstić information content (AvgIpc) is 3.08. The van der Waals surface area contributed by atoms with Gasteiger partial charge in [-0.25, -0.2) is 9.78 Å². The van der Waals surface area contributed by atoms with E-state index < -0.39 is 11.2 Å². The van der Waals surface area contributed by atoms with Crippen molar-refractivity contribution < 1.29 is 4.79 Å². The summed E-state index contributed by atoms with van der Waals surface area (Å²) < 4.78 is 3.15. The Bertz CT molecular complexity index is 1100. The van der Waals surface area contributed by atoms with E-state index >= 15 is 0 Å². The van der Waals surface area contributed by atoms with Gasteiger partial charge < -0.3 is 9.88 Å². The molecule has 2 N–H and O–H groups in total. The second-order valence-corrected chi connectivity index (χ2v) is 7.74. The zero-order valence-electron chi connectivity index (χ0n) is 16.6. The number of thioether (sulfide) groups is 1. The van der Waals surface area contributed by atoms with E-state index in [9.17, 15) is 14.4 Å². The zero-order valence-corrected chi connectivity index (χ0v) is 17.4. The fourth-order valence-corrected chi connectivity index (χ4v) is 3.90. The molecule has 0 saturated carbocycles. The van der Waals surface area contributed by atoms with Crippen LogP contribution in [0.2, 0.25) is 0 Å². The smallest absolute Gasteiger partial charge is 0.325 e. The molecule has 0 aliphatic rings. The van der Waals surface area contributed by atoms with E-state index in [-0.39, 0.29) is 11.7 Å². The van der Waals surface area contributed by atoms with Crippen LogP contribution in [0.1, 0.15) is 32.6 Å². The largest absolute Gasteiger partial charge is 0.329 e. The normalized spacial score (nSPS) is 11.1. The topological polar surface area (TPSA) is 102 Å². The van der Waals surface area contributed by atoms with Crippen LogP contribution in [0.4, 0.5) is 5.69 Å². The minimum absolute atomic E-state index is 0.152. The molecule has 8 nitrogen and oxygen atoms in total. The highest BCUT2D eigenvalue weighted by Crippen LogP contribution is 2.22. The summed E-state index contributed by atoms with van der Waals surface area (Å²) in [6.45, 7) is 2.75. The first kappa shape index (κ1) is 20.9. The summed E-state index contributed by atoms with van der Waals surface area (Å²) in [5.74, 6) is -0.00690. The Morgan fingerprint density at radius 1 is 1.17 bits per heavy atom. The summed E-state index contributed by atoms with van der Waals surface area (Å²) in [5.41, 5.74) is 0.475. The maximum absolute atomic E-state index is 12.4. The monoisotopic (exact) mass is 415 g/mol. The van der Waals surface area contributed by atoms with Gasteiger partial charge >= 0.3 is 5.69 Å². The molecule has 0 aliphatic carbocycles. The van der Waals surface area contributed by atoms with Gasteiger partial charge in [0, 0.05) is 19.3 Å². The van der Waals surface area contributed by atoms with Crippen molar-refractivity contribution in [2.24, 2.45) is 7.05 Å². The molecule has 0 aliphatic heterocycles. The first-order valence-electron chi connectivity index (χ1n) is 9.68. The Labute approximate surface area is 172 Å². The van der Waals surface area contributed by atoms with E-state index in [1.807, 2.05) is 34.9 Å². The number of H-pyrrole nitrogens is 1. The van der Waals surface area contributed by atoms with E-state index in [0.717, 1.165) is 31.4 Å². The van der Waals surface area contributed by atoms with Gasteiger partial charge in [-0.3, -0.25) is 19.1 Å². The molecule has 0 atom stereocenters. The molecular weight excluding hydrogens is 390 g/mol. The standard InChI is InChI=1S/C20H25N5O3S/c1-3-4-5-9-12-25-16-17(24(2)19(28)23-18(16)27)22-20(25)29-13-15(26)21-14-10-7-6-8-11-14/h6-8,10-11H,3-5,9,12-13H2,1-2H3,(H,21,26)(H,23,27,28). The molecule has 2 heterocycles. The van der Waals surface area contributed by atoms with Crippen LogP contribution >= 0.6 is 11.8 Å². The molecule has 3 aromatic rings. The van der Waals surface area contributed by atoms with Gasteiger partial charge in [0.25, 0.3) is 5.56 Å². The summed E-state index contributed by atoms with van der Waals surface area (Å²) >= 11 is 1.26. The first-order valence-corrected chi connectivity index (χ1v) is 10.7. The number of carbonyl (C=O) groups excluding carboxylic acids is 1. The van der Waals surface area contributed by atoms with Crippen molar-refractivity contribution in [1.29, 1.82) is 0 Å². The first-order chi connectivity index (χ1) is 14.0. The van der Waals surface area contributed by atoms with Crippen molar-refractivity contribution in [2.75, 3.05) is 11.1 Å². The van der Waals surface area contributed by atoms with Gasteiger partial charge in [0.05, 0.1) is 5.75 Å². The lowest BCUT2D eigenvalue weighted by atomic mass is 10.2. The molecule has 0 fully saturated rings. The predicted octanol–water partition coefficient (Wildman–Crippen LogP) is 2.73. The van der Waals surface area contributed by atoms with Crippen molar-refractivity contribution >= 4 is 34.5 Å². The van der Waals surface area contributed by atoms with Crippen LogP contribution in [-0.2, 0) is 18.4 Å². The van der Waals surface area contributed by atoms with Crippen LogP contribution in [0.15, 0.2) is 45.1 Å². The van der Waals surface area contributed by atoms with Gasteiger partial charge in [-0.2, -0.15) is 0 Å². The second kappa shape index (κ2) is 9.60. The fourth-order valence-electron chi connectivity index (χ4n) is 3.08. The third-order valence-electron chi connectivity index (χ3n) is 4.60. The number of benzene rings is 1. The van der Waals surface area contributed by atoms with Crippen LogP contribution < -0.4 is 16.6 Å². The summed E-state index contributed by atoms with van der Waals surface area (Å²) in [6.07, 6.45) is 4.16. The number of rotatable bonds is 9. The number of para-hydroxylation sites is 1. The number of hydrogen-bond acceptors (Lipinski definition) is 5. The molecule has 9 heteroatoms. The number of unbranched alkanes of at least 4 members (excludes halogenated alkanes) is 3. The van der Waals surface area contributed by atoms with E-state index in [0.29, 0.717) is 22.9 Å². The number of amides is 1. The lowest BCUT2D eigenvalue weighted by Gasteiger charge is -2.09. The highest BCUT2D eigenvalue weighted by molar-refractivity contribution is 7.99. The van der Waals surface area contributed by atoms with Gasteiger partial charge in [-0.05, 0) is 18.6 Å². The maximum Gasteiger partial charge on any atom is 0.329 e. The molecule has 1 amide bonds. The van der Waals surface area contributed by atoms with Crippen LogP contribution in [0.5, 0.6) is 0 Å². The molecule has 0 saturated heterocycles. The van der Waals surface area contributed by atoms with Crippen LogP contribution in [0.25, 0.3) is 11.2 Å². The van der Waals surface area contributed by atoms with E-state index in [4.69, 9.17) is 0 Å². The second-order valence-electron chi connectivity index (χ2n) is 6.80. The Hall–Kier alpha value is -2.81. The number of carbonyl (C=O) groups is 1. The number of hydrogen-bond donors (Lipinski definition) is 2. The predicted molar refractivity (Wildman–Crippen MR) is 116 cm³/mol. The molecule has 2 aromatic heterocycles. The molecular formula is C20H25N5O3S. The third kappa shape index (κ3) is 4.97. The molecule has 0 unspecified atom stereocenters.